The first-order valence-corrected chi connectivity index (χ1v) is 6.27. The van der Waals surface area contributed by atoms with Gasteiger partial charge in [-0.1, -0.05) is 66.7 Å². The number of allylic oxidation sites excluding steroid dienone is 3. The van der Waals surface area contributed by atoms with Gasteiger partial charge in [-0.05, 0) is 35.6 Å². The summed E-state index contributed by atoms with van der Waals surface area (Å²) >= 11 is 0. The van der Waals surface area contributed by atoms with Crippen molar-refractivity contribution in [2.45, 2.75) is 13.3 Å². The lowest BCUT2D eigenvalue weighted by atomic mass is 9.98. The molecule has 0 atom stereocenters. The number of hydrogen-bond acceptors (Lipinski definition) is 0. The smallest absolute Gasteiger partial charge is 0.00975 e. The Balaban J connectivity index is 2.28. The van der Waals surface area contributed by atoms with Gasteiger partial charge in [0.2, 0.25) is 0 Å². The second kappa shape index (κ2) is 6.02. The minimum atomic E-state index is 0.918. The first-order chi connectivity index (χ1) is 8.85. The van der Waals surface area contributed by atoms with Gasteiger partial charge in [-0.15, -0.1) is 6.58 Å². The van der Waals surface area contributed by atoms with Crippen LogP contribution < -0.4 is 0 Å². The van der Waals surface area contributed by atoms with Crippen LogP contribution in [0.4, 0.5) is 0 Å². The molecule has 0 radical (unpaired) electrons. The van der Waals surface area contributed by atoms with E-state index in [4.69, 9.17) is 0 Å². The van der Waals surface area contributed by atoms with Crippen molar-refractivity contribution in [2.24, 2.45) is 0 Å². The van der Waals surface area contributed by atoms with Crippen molar-refractivity contribution in [3.05, 3.63) is 78.9 Å². The van der Waals surface area contributed by atoms with Crippen molar-refractivity contribution in [1.82, 2.24) is 0 Å². The maximum Gasteiger partial charge on any atom is -0.00975 e. The maximum atomic E-state index is 3.80. The lowest BCUT2D eigenvalue weighted by molar-refractivity contribution is 1.38. The van der Waals surface area contributed by atoms with Gasteiger partial charge in [0, 0.05) is 0 Å². The summed E-state index contributed by atoms with van der Waals surface area (Å²) in [5.74, 6) is 0. The van der Waals surface area contributed by atoms with Gasteiger partial charge in [0.15, 0.2) is 0 Å². The molecule has 0 amide bonds. The highest BCUT2D eigenvalue weighted by Gasteiger charge is 2.00. The molecule has 0 heterocycles. The van der Waals surface area contributed by atoms with E-state index in [9.17, 15) is 0 Å². The van der Waals surface area contributed by atoms with E-state index >= 15 is 0 Å². The largest absolute Gasteiger partial charge is 0.103 e. The summed E-state index contributed by atoms with van der Waals surface area (Å²) in [5.41, 5.74) is 5.12. The van der Waals surface area contributed by atoms with Crippen LogP contribution in [-0.4, -0.2) is 0 Å². The van der Waals surface area contributed by atoms with Gasteiger partial charge in [-0.2, -0.15) is 0 Å². The Hall–Kier alpha value is -2.08. The van der Waals surface area contributed by atoms with Crippen molar-refractivity contribution < 1.29 is 0 Å². The predicted octanol–water partition coefficient (Wildman–Crippen LogP) is 5.33. The van der Waals surface area contributed by atoms with E-state index in [2.05, 4.69) is 68.1 Å². The molecule has 0 saturated carbocycles. The second-order valence-electron chi connectivity index (χ2n) is 4.25. The Morgan fingerprint density at radius 2 is 1.56 bits per heavy atom. The van der Waals surface area contributed by atoms with Crippen LogP contribution in [0, 0.1) is 0 Å². The van der Waals surface area contributed by atoms with E-state index in [1.807, 2.05) is 12.1 Å². The summed E-state index contributed by atoms with van der Waals surface area (Å²) in [6, 6.07) is 19.2. The number of hydrogen-bond donors (Lipinski definition) is 0. The Kier molecular flexibility index (Phi) is 4.14. The molecule has 0 saturated heterocycles. The summed E-state index contributed by atoms with van der Waals surface area (Å²) in [7, 11) is 0. The molecule has 2 aromatic carbocycles. The minimum Gasteiger partial charge on any atom is -0.103 e. The fourth-order valence-corrected chi connectivity index (χ4v) is 2.07. The SMILES string of the molecule is C=CCC(=CC)c1ccc(-c2ccccc2)cc1. The van der Waals surface area contributed by atoms with Crippen LogP contribution in [-0.2, 0) is 0 Å². The molecule has 2 aromatic rings. The molecular weight excluding hydrogens is 216 g/mol. The van der Waals surface area contributed by atoms with Crippen LogP contribution in [0.25, 0.3) is 16.7 Å². The van der Waals surface area contributed by atoms with Gasteiger partial charge >= 0.3 is 0 Å². The molecule has 2 rings (SSSR count). The Morgan fingerprint density at radius 1 is 0.944 bits per heavy atom. The van der Waals surface area contributed by atoms with Gasteiger partial charge in [0.05, 0.1) is 0 Å². The Morgan fingerprint density at radius 3 is 2.11 bits per heavy atom. The van der Waals surface area contributed by atoms with Crippen molar-refractivity contribution in [1.29, 1.82) is 0 Å². The molecule has 18 heavy (non-hydrogen) atoms. The normalized spacial score (nSPS) is 11.3. The van der Waals surface area contributed by atoms with Crippen LogP contribution in [0.3, 0.4) is 0 Å². The zero-order valence-corrected chi connectivity index (χ0v) is 10.8. The lowest BCUT2D eigenvalue weighted by Crippen LogP contribution is -1.84. The third kappa shape index (κ3) is 2.78. The van der Waals surface area contributed by atoms with E-state index in [1.165, 1.54) is 22.3 Å². The molecule has 0 aliphatic heterocycles. The minimum absolute atomic E-state index is 0.918. The zero-order valence-electron chi connectivity index (χ0n) is 10.8. The van der Waals surface area contributed by atoms with Crippen LogP contribution in [0.2, 0.25) is 0 Å². The van der Waals surface area contributed by atoms with Crippen LogP contribution in [0.1, 0.15) is 18.9 Å². The Bertz CT molecular complexity index is 530. The first-order valence-electron chi connectivity index (χ1n) is 6.27. The number of benzene rings is 2. The van der Waals surface area contributed by atoms with E-state index < -0.39 is 0 Å². The van der Waals surface area contributed by atoms with Crippen LogP contribution in [0.5, 0.6) is 0 Å². The fraction of sp³-hybridized carbons (Fsp3) is 0.111. The van der Waals surface area contributed by atoms with Crippen molar-refractivity contribution in [3.63, 3.8) is 0 Å². The molecule has 0 N–H and O–H groups in total. The average Bonchev–Trinajstić information content (AvgIpc) is 2.46. The van der Waals surface area contributed by atoms with Gasteiger partial charge in [-0.3, -0.25) is 0 Å². The highest BCUT2D eigenvalue weighted by molar-refractivity contribution is 5.70. The molecule has 90 valence electrons. The maximum absolute atomic E-state index is 3.80. The van der Waals surface area contributed by atoms with Gasteiger partial charge in [0.1, 0.15) is 0 Å². The topological polar surface area (TPSA) is 0 Å². The summed E-state index contributed by atoms with van der Waals surface area (Å²) in [6.07, 6.45) is 5.01. The monoisotopic (exact) mass is 234 g/mol. The summed E-state index contributed by atoms with van der Waals surface area (Å²) in [5, 5.41) is 0. The van der Waals surface area contributed by atoms with Crippen LogP contribution >= 0.6 is 0 Å². The van der Waals surface area contributed by atoms with Gasteiger partial charge in [-0.25, -0.2) is 0 Å². The fourth-order valence-electron chi connectivity index (χ4n) is 2.07. The molecule has 0 nitrogen and oxygen atoms in total. The van der Waals surface area contributed by atoms with Crippen molar-refractivity contribution in [2.75, 3.05) is 0 Å². The van der Waals surface area contributed by atoms with Crippen molar-refractivity contribution in [3.8, 4) is 11.1 Å². The standard InChI is InChI=1S/C18H18/c1-3-8-15(4-2)17-11-13-18(14-12-17)16-9-6-5-7-10-16/h3-7,9-14H,1,8H2,2H3. The number of rotatable bonds is 4. The molecule has 0 fully saturated rings. The van der Waals surface area contributed by atoms with Gasteiger partial charge < -0.3 is 0 Å². The Labute approximate surface area is 109 Å². The average molecular weight is 234 g/mol. The molecule has 0 aliphatic rings. The molecule has 0 heteroatoms. The molecule has 0 bridgehead atoms. The second-order valence-corrected chi connectivity index (χ2v) is 4.25. The molecule has 0 unspecified atom stereocenters. The van der Waals surface area contributed by atoms with E-state index in [-0.39, 0.29) is 0 Å². The highest BCUT2D eigenvalue weighted by atomic mass is 14.0. The molecule has 0 aliphatic carbocycles. The molecule has 0 aromatic heterocycles. The third-order valence-electron chi connectivity index (χ3n) is 3.08. The highest BCUT2D eigenvalue weighted by Crippen LogP contribution is 2.23. The summed E-state index contributed by atoms with van der Waals surface area (Å²) < 4.78 is 0. The first kappa shape index (κ1) is 12.4. The van der Waals surface area contributed by atoms with E-state index in [1.54, 1.807) is 0 Å². The molecular formula is C18H18. The zero-order chi connectivity index (χ0) is 12.8. The predicted molar refractivity (Wildman–Crippen MR) is 80.3 cm³/mol. The lowest BCUT2D eigenvalue weighted by Gasteiger charge is -2.06. The van der Waals surface area contributed by atoms with Crippen molar-refractivity contribution >= 4 is 5.57 Å². The summed E-state index contributed by atoms with van der Waals surface area (Å²) in [6.45, 7) is 5.87. The molecule has 0 spiro atoms. The van der Waals surface area contributed by atoms with E-state index in [0.29, 0.717) is 0 Å². The van der Waals surface area contributed by atoms with E-state index in [0.717, 1.165) is 6.42 Å². The third-order valence-corrected chi connectivity index (χ3v) is 3.08. The quantitative estimate of drug-likeness (QED) is 0.627. The van der Waals surface area contributed by atoms with Crippen LogP contribution in [0.15, 0.2) is 73.3 Å². The summed E-state index contributed by atoms with van der Waals surface area (Å²) in [4.78, 5) is 0. The van der Waals surface area contributed by atoms with Gasteiger partial charge in [0.25, 0.3) is 0 Å².